The number of carbonyl (C=O) groups is 2. The van der Waals surface area contributed by atoms with Crippen molar-refractivity contribution in [1.82, 2.24) is 9.21 Å². The monoisotopic (exact) mass is 434 g/mol. The summed E-state index contributed by atoms with van der Waals surface area (Å²) in [6.07, 6.45) is -0.688. The van der Waals surface area contributed by atoms with Crippen LogP contribution in [-0.4, -0.2) is 67.6 Å². The van der Waals surface area contributed by atoms with Crippen LogP contribution < -0.4 is 4.74 Å². The summed E-state index contributed by atoms with van der Waals surface area (Å²) < 4.78 is 37.1. The number of carbonyl (C=O) groups excluding carboxylic acids is 1. The molecule has 2 aromatic rings. The topological polar surface area (TPSA) is 113 Å². The fraction of sp³-hybridized carbons (Fsp3) is 0.300. The molecule has 0 saturated carbocycles. The highest BCUT2D eigenvalue weighted by Crippen LogP contribution is 2.24. The number of aliphatic carboxylic acids is 1. The van der Waals surface area contributed by atoms with E-state index in [1.165, 1.54) is 36.3 Å². The summed E-state index contributed by atoms with van der Waals surface area (Å²) in [5.74, 6) is -0.859. The van der Waals surface area contributed by atoms with Crippen molar-refractivity contribution in [3.05, 3.63) is 60.2 Å². The van der Waals surface area contributed by atoms with Crippen LogP contribution in [0.3, 0.4) is 0 Å². The minimum Gasteiger partial charge on any atom is -0.497 e. The Bertz CT molecular complexity index is 994. The fourth-order valence-corrected chi connectivity index (χ4v) is 4.68. The standard InChI is InChI=1S/C20H22N2O7S/c1-28-16-7-9-17(10-8-16)30(26,27)22-12-11-21(13-18(22)19(23)24)20(25)29-14-15-5-3-2-4-6-15/h2-10,18H,11-14H2,1H3,(H,23,24). The molecule has 0 bridgehead atoms. The number of rotatable bonds is 6. The van der Waals surface area contributed by atoms with E-state index in [4.69, 9.17) is 9.47 Å². The molecule has 0 radical (unpaired) electrons. The molecule has 30 heavy (non-hydrogen) atoms. The maximum absolute atomic E-state index is 13.0. The van der Waals surface area contributed by atoms with E-state index in [2.05, 4.69) is 0 Å². The highest BCUT2D eigenvalue weighted by Gasteiger charge is 2.41. The predicted molar refractivity (Wildman–Crippen MR) is 107 cm³/mol. The van der Waals surface area contributed by atoms with Crippen LogP contribution in [0.15, 0.2) is 59.5 Å². The zero-order valence-electron chi connectivity index (χ0n) is 16.3. The Kier molecular flexibility index (Phi) is 6.58. The highest BCUT2D eigenvalue weighted by molar-refractivity contribution is 7.89. The maximum atomic E-state index is 13.0. The number of methoxy groups -OCH3 is 1. The molecule has 0 aromatic heterocycles. The Hall–Kier alpha value is -3.11. The summed E-state index contributed by atoms with van der Waals surface area (Å²) in [7, 11) is -2.61. The average molecular weight is 434 g/mol. The van der Waals surface area contributed by atoms with E-state index in [9.17, 15) is 23.1 Å². The summed E-state index contributed by atoms with van der Waals surface area (Å²) in [6, 6.07) is 13.3. The van der Waals surface area contributed by atoms with Gasteiger partial charge in [-0.2, -0.15) is 4.31 Å². The van der Waals surface area contributed by atoms with Gasteiger partial charge in [-0.15, -0.1) is 0 Å². The van der Waals surface area contributed by atoms with Crippen molar-refractivity contribution < 1.29 is 32.6 Å². The molecule has 1 aliphatic rings. The third-order valence-electron chi connectivity index (χ3n) is 4.75. The van der Waals surface area contributed by atoms with Gasteiger partial charge in [-0.05, 0) is 29.8 Å². The normalized spacial score (nSPS) is 17.4. The molecule has 3 rings (SSSR count). The van der Waals surface area contributed by atoms with Crippen LogP contribution in [0, 0.1) is 0 Å². The Labute approximate surface area is 174 Å². The van der Waals surface area contributed by atoms with Gasteiger partial charge in [-0.25, -0.2) is 13.2 Å². The lowest BCUT2D eigenvalue weighted by atomic mass is 10.2. The summed E-state index contributed by atoms with van der Waals surface area (Å²) in [5, 5.41) is 9.60. The van der Waals surface area contributed by atoms with E-state index in [-0.39, 0.29) is 31.1 Å². The van der Waals surface area contributed by atoms with Crippen molar-refractivity contribution in [3.63, 3.8) is 0 Å². The molecule has 160 valence electrons. The molecule has 10 heteroatoms. The number of carboxylic acids is 1. The van der Waals surface area contributed by atoms with Crippen molar-refractivity contribution >= 4 is 22.1 Å². The van der Waals surface area contributed by atoms with Gasteiger partial charge in [-0.3, -0.25) is 4.79 Å². The molecule has 0 aliphatic carbocycles. The van der Waals surface area contributed by atoms with Gasteiger partial charge in [0.2, 0.25) is 10.0 Å². The molecule has 1 amide bonds. The number of sulfonamides is 1. The second-order valence-corrected chi connectivity index (χ2v) is 8.52. The fourth-order valence-electron chi connectivity index (χ4n) is 3.11. The van der Waals surface area contributed by atoms with Gasteiger partial charge >= 0.3 is 12.1 Å². The van der Waals surface area contributed by atoms with Gasteiger partial charge in [0.1, 0.15) is 18.4 Å². The van der Waals surface area contributed by atoms with Crippen LogP contribution >= 0.6 is 0 Å². The first-order chi connectivity index (χ1) is 14.3. The lowest BCUT2D eigenvalue weighted by Gasteiger charge is -2.37. The lowest BCUT2D eigenvalue weighted by Crippen LogP contribution is -2.59. The Morgan fingerprint density at radius 1 is 1.07 bits per heavy atom. The van der Waals surface area contributed by atoms with Crippen LogP contribution in [0.1, 0.15) is 5.56 Å². The third-order valence-corrected chi connectivity index (χ3v) is 6.67. The van der Waals surface area contributed by atoms with Crippen LogP contribution in [0.2, 0.25) is 0 Å². The molecule has 0 spiro atoms. The van der Waals surface area contributed by atoms with Gasteiger partial charge in [0.25, 0.3) is 0 Å². The molecule has 2 aromatic carbocycles. The molecule has 1 saturated heterocycles. The molecule has 1 atom stereocenters. The number of amides is 1. The Morgan fingerprint density at radius 2 is 1.73 bits per heavy atom. The third kappa shape index (κ3) is 4.71. The highest BCUT2D eigenvalue weighted by atomic mass is 32.2. The smallest absolute Gasteiger partial charge is 0.410 e. The van der Waals surface area contributed by atoms with E-state index < -0.39 is 28.1 Å². The van der Waals surface area contributed by atoms with Gasteiger partial charge in [0.05, 0.1) is 18.6 Å². The zero-order chi connectivity index (χ0) is 21.7. The average Bonchev–Trinajstić information content (AvgIpc) is 2.77. The first-order valence-electron chi connectivity index (χ1n) is 9.17. The molecule has 1 unspecified atom stereocenters. The van der Waals surface area contributed by atoms with Gasteiger partial charge in [-0.1, -0.05) is 30.3 Å². The van der Waals surface area contributed by atoms with Crippen molar-refractivity contribution in [2.75, 3.05) is 26.7 Å². The number of ether oxygens (including phenoxy) is 2. The molecular weight excluding hydrogens is 412 g/mol. The predicted octanol–water partition coefficient (Wildman–Crippen LogP) is 1.79. The molecule has 9 nitrogen and oxygen atoms in total. The summed E-state index contributed by atoms with van der Waals surface area (Å²) in [4.78, 5) is 25.3. The first kappa shape index (κ1) is 21.6. The number of piperazine rings is 1. The van der Waals surface area contributed by atoms with Crippen LogP contribution in [0.25, 0.3) is 0 Å². The van der Waals surface area contributed by atoms with Gasteiger partial charge in [0, 0.05) is 13.1 Å². The minimum atomic E-state index is -4.07. The number of hydrogen-bond donors (Lipinski definition) is 1. The van der Waals surface area contributed by atoms with E-state index in [0.29, 0.717) is 5.75 Å². The number of benzene rings is 2. The Balaban J connectivity index is 1.71. The first-order valence-corrected chi connectivity index (χ1v) is 10.6. The zero-order valence-corrected chi connectivity index (χ0v) is 17.1. The van der Waals surface area contributed by atoms with E-state index in [1.807, 2.05) is 18.2 Å². The maximum Gasteiger partial charge on any atom is 0.410 e. The number of nitrogens with zero attached hydrogens (tertiary/aromatic N) is 2. The quantitative estimate of drug-likeness (QED) is 0.737. The van der Waals surface area contributed by atoms with Crippen molar-refractivity contribution in [3.8, 4) is 5.75 Å². The number of hydrogen-bond acceptors (Lipinski definition) is 6. The molecular formula is C20H22N2O7S. The van der Waals surface area contributed by atoms with Crippen LogP contribution in [-0.2, 0) is 26.2 Å². The van der Waals surface area contributed by atoms with Crippen molar-refractivity contribution in [1.29, 1.82) is 0 Å². The van der Waals surface area contributed by atoms with Gasteiger partial charge < -0.3 is 19.5 Å². The summed E-state index contributed by atoms with van der Waals surface area (Å²) in [5.41, 5.74) is 0.793. The second kappa shape index (κ2) is 9.14. The SMILES string of the molecule is COc1ccc(S(=O)(=O)N2CCN(C(=O)OCc3ccccc3)CC2C(=O)O)cc1. The minimum absolute atomic E-state index is 0.0206. The van der Waals surface area contributed by atoms with E-state index in [0.717, 1.165) is 9.87 Å². The molecule has 1 aliphatic heterocycles. The lowest BCUT2D eigenvalue weighted by molar-refractivity contribution is -0.143. The Morgan fingerprint density at radius 3 is 2.33 bits per heavy atom. The summed E-state index contributed by atoms with van der Waals surface area (Å²) in [6.45, 7) is -0.404. The molecule has 1 heterocycles. The van der Waals surface area contributed by atoms with E-state index >= 15 is 0 Å². The van der Waals surface area contributed by atoms with Crippen LogP contribution in [0.5, 0.6) is 5.75 Å². The van der Waals surface area contributed by atoms with Crippen molar-refractivity contribution in [2.45, 2.75) is 17.5 Å². The summed E-state index contributed by atoms with van der Waals surface area (Å²) >= 11 is 0. The second-order valence-electron chi connectivity index (χ2n) is 6.63. The number of carboxylic acid groups (broad SMARTS) is 1. The van der Waals surface area contributed by atoms with Crippen LogP contribution in [0.4, 0.5) is 4.79 Å². The van der Waals surface area contributed by atoms with Crippen molar-refractivity contribution in [2.24, 2.45) is 0 Å². The molecule has 1 fully saturated rings. The largest absolute Gasteiger partial charge is 0.497 e. The van der Waals surface area contributed by atoms with E-state index in [1.54, 1.807) is 12.1 Å². The molecule has 1 N–H and O–H groups in total. The van der Waals surface area contributed by atoms with Gasteiger partial charge in [0.15, 0.2) is 0 Å².